The highest BCUT2D eigenvalue weighted by Gasteiger charge is 2.01. The topological polar surface area (TPSA) is 37.8 Å². The van der Waals surface area contributed by atoms with Crippen LogP contribution in [0.15, 0.2) is 17.3 Å². The third kappa shape index (κ3) is 3.27. The first-order valence-corrected chi connectivity index (χ1v) is 5.54. The van der Waals surface area contributed by atoms with Crippen LogP contribution in [0, 0.1) is 12.3 Å². The Morgan fingerprint density at radius 1 is 1.57 bits per heavy atom. The number of terminal acetylenes is 1. The van der Waals surface area contributed by atoms with Gasteiger partial charge in [-0.2, -0.15) is 0 Å². The van der Waals surface area contributed by atoms with Gasteiger partial charge in [0, 0.05) is 29.8 Å². The number of rotatable bonds is 4. The van der Waals surface area contributed by atoms with Crippen molar-refractivity contribution < 1.29 is 0 Å². The Bertz CT molecular complexity index is 315. The molecule has 14 heavy (non-hydrogen) atoms. The van der Waals surface area contributed by atoms with Gasteiger partial charge in [0.05, 0.1) is 0 Å². The predicted molar refractivity (Wildman–Crippen MR) is 60.3 cm³/mol. The molecule has 1 heterocycles. The summed E-state index contributed by atoms with van der Waals surface area (Å²) in [6, 6.07) is 0.208. The first-order valence-electron chi connectivity index (χ1n) is 4.32. The minimum absolute atomic E-state index is 0.208. The maximum atomic E-state index is 5.19. The Kier molecular flexibility index (Phi) is 4.27. The van der Waals surface area contributed by atoms with Gasteiger partial charge >= 0.3 is 0 Å². The average Bonchev–Trinajstić information content (AvgIpc) is 2.19. The zero-order chi connectivity index (χ0) is 10.4. The second-order valence-corrected chi connectivity index (χ2v) is 3.78. The van der Waals surface area contributed by atoms with Crippen molar-refractivity contribution in [2.75, 3.05) is 11.6 Å². The highest BCUT2D eigenvalue weighted by molar-refractivity contribution is 7.98. The molecule has 0 radical (unpaired) electrons. The van der Waals surface area contributed by atoms with Gasteiger partial charge in [-0.25, -0.2) is 9.97 Å². The van der Waals surface area contributed by atoms with Crippen molar-refractivity contribution in [3.8, 4) is 12.3 Å². The second kappa shape index (κ2) is 5.51. The van der Waals surface area contributed by atoms with E-state index in [0.29, 0.717) is 12.4 Å². The molecule has 0 amide bonds. The molecule has 0 bridgehead atoms. The lowest BCUT2D eigenvalue weighted by Crippen LogP contribution is -2.15. The Morgan fingerprint density at radius 2 is 2.21 bits per heavy atom. The van der Waals surface area contributed by atoms with Gasteiger partial charge in [-0.05, 0) is 13.2 Å². The van der Waals surface area contributed by atoms with E-state index < -0.39 is 0 Å². The fourth-order valence-corrected chi connectivity index (χ4v) is 1.26. The lowest BCUT2D eigenvalue weighted by Gasteiger charge is -2.10. The number of nitrogens with one attached hydrogen (secondary N) is 1. The van der Waals surface area contributed by atoms with Crippen molar-refractivity contribution in [2.45, 2.75) is 24.3 Å². The molecule has 1 atom stereocenters. The van der Waals surface area contributed by atoms with Crippen LogP contribution >= 0.6 is 11.8 Å². The number of anilines is 1. The standard InChI is InChI=1S/C10H13N3S/c1-4-5-8(2)13-10-11-6-9(14-3)7-12-10/h1,6-8H,5H2,2-3H3,(H,11,12,13). The average molecular weight is 207 g/mol. The molecule has 0 spiro atoms. The van der Waals surface area contributed by atoms with E-state index in [-0.39, 0.29) is 6.04 Å². The van der Waals surface area contributed by atoms with E-state index >= 15 is 0 Å². The van der Waals surface area contributed by atoms with E-state index in [1.54, 1.807) is 24.2 Å². The fraction of sp³-hybridized carbons (Fsp3) is 0.400. The SMILES string of the molecule is C#CCC(C)Nc1ncc(SC)cn1. The second-order valence-electron chi connectivity index (χ2n) is 2.90. The van der Waals surface area contributed by atoms with E-state index in [9.17, 15) is 0 Å². The Morgan fingerprint density at radius 3 is 2.71 bits per heavy atom. The summed E-state index contributed by atoms with van der Waals surface area (Å²) in [6.45, 7) is 2.01. The van der Waals surface area contributed by atoms with E-state index in [1.807, 2.05) is 13.2 Å². The van der Waals surface area contributed by atoms with Gasteiger partial charge in [0.2, 0.25) is 5.95 Å². The Labute approximate surface area is 88.7 Å². The third-order valence-electron chi connectivity index (χ3n) is 1.66. The molecule has 74 valence electrons. The summed E-state index contributed by atoms with van der Waals surface area (Å²) in [6.07, 6.45) is 11.5. The minimum atomic E-state index is 0.208. The van der Waals surface area contributed by atoms with Crippen LogP contribution in [-0.2, 0) is 0 Å². The lowest BCUT2D eigenvalue weighted by molar-refractivity contribution is 0.810. The molecule has 0 saturated heterocycles. The van der Waals surface area contributed by atoms with Crippen LogP contribution in [0.3, 0.4) is 0 Å². The number of nitrogens with zero attached hydrogens (tertiary/aromatic N) is 2. The summed E-state index contributed by atoms with van der Waals surface area (Å²) in [5, 5.41) is 3.12. The van der Waals surface area contributed by atoms with Crippen LogP contribution in [0.4, 0.5) is 5.95 Å². The van der Waals surface area contributed by atoms with Crippen molar-refractivity contribution >= 4 is 17.7 Å². The van der Waals surface area contributed by atoms with Gasteiger partial charge in [0.25, 0.3) is 0 Å². The number of hydrogen-bond acceptors (Lipinski definition) is 4. The highest BCUT2D eigenvalue weighted by atomic mass is 32.2. The highest BCUT2D eigenvalue weighted by Crippen LogP contribution is 2.12. The monoisotopic (exact) mass is 207 g/mol. The van der Waals surface area contributed by atoms with Crippen molar-refractivity contribution in [3.05, 3.63) is 12.4 Å². The first kappa shape index (κ1) is 10.9. The van der Waals surface area contributed by atoms with Gasteiger partial charge in [0.15, 0.2) is 0 Å². The van der Waals surface area contributed by atoms with E-state index in [0.717, 1.165) is 4.90 Å². The molecule has 0 fully saturated rings. The van der Waals surface area contributed by atoms with Crippen LogP contribution in [0.1, 0.15) is 13.3 Å². The van der Waals surface area contributed by atoms with Crippen LogP contribution in [0.25, 0.3) is 0 Å². The molecule has 0 aliphatic heterocycles. The van der Waals surface area contributed by atoms with Crippen LogP contribution in [0.5, 0.6) is 0 Å². The van der Waals surface area contributed by atoms with Crippen LogP contribution < -0.4 is 5.32 Å². The Hall–Kier alpha value is -1.21. The molecule has 1 N–H and O–H groups in total. The molecular weight excluding hydrogens is 194 g/mol. The summed E-state index contributed by atoms with van der Waals surface area (Å²) >= 11 is 1.62. The quantitative estimate of drug-likeness (QED) is 0.605. The molecule has 4 heteroatoms. The molecule has 0 saturated carbocycles. The molecular formula is C10H13N3S. The largest absolute Gasteiger partial charge is 0.351 e. The molecule has 3 nitrogen and oxygen atoms in total. The molecule has 0 aliphatic carbocycles. The predicted octanol–water partition coefficient (Wildman–Crippen LogP) is 2.02. The van der Waals surface area contributed by atoms with Crippen molar-refractivity contribution in [1.82, 2.24) is 9.97 Å². The molecule has 0 aromatic carbocycles. The van der Waals surface area contributed by atoms with Gasteiger partial charge in [-0.1, -0.05) is 0 Å². The van der Waals surface area contributed by atoms with E-state index in [2.05, 4.69) is 21.2 Å². The van der Waals surface area contributed by atoms with E-state index in [1.165, 1.54) is 0 Å². The van der Waals surface area contributed by atoms with Crippen molar-refractivity contribution in [1.29, 1.82) is 0 Å². The summed E-state index contributed by atoms with van der Waals surface area (Å²) < 4.78 is 0. The fourth-order valence-electron chi connectivity index (χ4n) is 0.944. The van der Waals surface area contributed by atoms with Crippen LogP contribution in [0.2, 0.25) is 0 Å². The number of aromatic nitrogens is 2. The number of hydrogen-bond donors (Lipinski definition) is 1. The summed E-state index contributed by atoms with van der Waals surface area (Å²) in [4.78, 5) is 9.38. The Balaban J connectivity index is 2.56. The maximum absolute atomic E-state index is 5.19. The lowest BCUT2D eigenvalue weighted by atomic mass is 10.2. The third-order valence-corrected chi connectivity index (χ3v) is 2.35. The van der Waals surface area contributed by atoms with Gasteiger partial charge < -0.3 is 5.32 Å². The molecule has 1 unspecified atom stereocenters. The first-order chi connectivity index (χ1) is 6.76. The zero-order valence-electron chi connectivity index (χ0n) is 8.32. The molecule has 1 rings (SSSR count). The van der Waals surface area contributed by atoms with Crippen molar-refractivity contribution in [3.63, 3.8) is 0 Å². The summed E-state index contributed by atoms with van der Waals surface area (Å²) in [5.74, 6) is 3.22. The van der Waals surface area contributed by atoms with Gasteiger partial charge in [-0.3, -0.25) is 0 Å². The minimum Gasteiger partial charge on any atom is -0.351 e. The molecule has 1 aromatic heterocycles. The normalized spacial score (nSPS) is 11.8. The van der Waals surface area contributed by atoms with Gasteiger partial charge in [-0.15, -0.1) is 24.1 Å². The van der Waals surface area contributed by atoms with Crippen LogP contribution in [-0.4, -0.2) is 22.3 Å². The smallest absolute Gasteiger partial charge is 0.222 e. The van der Waals surface area contributed by atoms with Crippen molar-refractivity contribution in [2.24, 2.45) is 0 Å². The van der Waals surface area contributed by atoms with Gasteiger partial charge in [0.1, 0.15) is 0 Å². The summed E-state index contributed by atoms with van der Waals surface area (Å²) in [5.41, 5.74) is 0. The summed E-state index contributed by atoms with van der Waals surface area (Å²) in [7, 11) is 0. The molecule has 1 aromatic rings. The molecule has 0 aliphatic rings. The maximum Gasteiger partial charge on any atom is 0.222 e. The number of thioether (sulfide) groups is 1. The zero-order valence-corrected chi connectivity index (χ0v) is 9.14. The van der Waals surface area contributed by atoms with E-state index in [4.69, 9.17) is 6.42 Å².